The van der Waals surface area contributed by atoms with Crippen LogP contribution in [0.15, 0.2) is 18.2 Å². The number of sulfonamides is 1. The van der Waals surface area contributed by atoms with Crippen LogP contribution in [0.3, 0.4) is 0 Å². The van der Waals surface area contributed by atoms with E-state index in [1.54, 1.807) is 0 Å². The van der Waals surface area contributed by atoms with Crippen molar-refractivity contribution in [2.45, 2.75) is 18.1 Å². The van der Waals surface area contributed by atoms with Gasteiger partial charge in [-0.3, -0.25) is 4.72 Å². The average molecular weight is 293 g/mol. The molecule has 1 aromatic rings. The first-order chi connectivity index (χ1) is 8.49. The van der Waals surface area contributed by atoms with Crippen LogP contribution in [0, 0.1) is 5.82 Å². The predicted octanol–water partition coefficient (Wildman–Crippen LogP) is 1.97. The van der Waals surface area contributed by atoms with E-state index in [4.69, 9.17) is 11.6 Å². The highest BCUT2D eigenvalue weighted by Crippen LogP contribution is 2.22. The van der Waals surface area contributed by atoms with E-state index in [1.165, 1.54) is 12.1 Å². The van der Waals surface area contributed by atoms with Crippen LogP contribution in [0.1, 0.15) is 12.8 Å². The third kappa shape index (κ3) is 3.13. The van der Waals surface area contributed by atoms with Crippen molar-refractivity contribution >= 4 is 27.3 Å². The summed E-state index contributed by atoms with van der Waals surface area (Å²) in [5.74, 6) is -0.667. The number of hydrogen-bond donors (Lipinski definition) is 2. The summed E-state index contributed by atoms with van der Waals surface area (Å²) in [6, 6.07) is 3.86. The summed E-state index contributed by atoms with van der Waals surface area (Å²) in [5, 5.41) is 2.84. The summed E-state index contributed by atoms with van der Waals surface area (Å²) in [7, 11) is -3.54. The van der Waals surface area contributed by atoms with Gasteiger partial charge in [0, 0.05) is 5.02 Å². The second kappa shape index (κ2) is 5.42. The fourth-order valence-corrected chi connectivity index (χ4v) is 3.57. The lowest BCUT2D eigenvalue weighted by molar-refractivity contribution is 0.498. The van der Waals surface area contributed by atoms with Gasteiger partial charge in [-0.15, -0.1) is 0 Å². The van der Waals surface area contributed by atoms with E-state index in [0.29, 0.717) is 25.9 Å². The lowest BCUT2D eigenvalue weighted by Gasteiger charge is -2.23. The van der Waals surface area contributed by atoms with Crippen LogP contribution < -0.4 is 10.0 Å². The minimum Gasteiger partial charge on any atom is -0.317 e. The van der Waals surface area contributed by atoms with Gasteiger partial charge in [-0.05, 0) is 44.1 Å². The number of piperidine rings is 1. The van der Waals surface area contributed by atoms with Crippen LogP contribution in [-0.4, -0.2) is 26.8 Å². The zero-order valence-corrected chi connectivity index (χ0v) is 11.2. The molecule has 7 heteroatoms. The normalized spacial score (nSPS) is 17.7. The van der Waals surface area contributed by atoms with Crippen LogP contribution in [0.5, 0.6) is 0 Å². The molecule has 1 heterocycles. The largest absolute Gasteiger partial charge is 0.317 e. The molecule has 0 bridgehead atoms. The molecule has 1 aliphatic rings. The van der Waals surface area contributed by atoms with Crippen molar-refractivity contribution in [1.82, 2.24) is 5.32 Å². The molecule has 0 unspecified atom stereocenters. The second-order valence-electron chi connectivity index (χ2n) is 4.22. The quantitative estimate of drug-likeness (QED) is 0.895. The summed E-state index contributed by atoms with van der Waals surface area (Å²) < 4.78 is 39.9. The summed E-state index contributed by atoms with van der Waals surface area (Å²) in [5.41, 5.74) is -0.0575. The van der Waals surface area contributed by atoms with Gasteiger partial charge in [0.25, 0.3) is 0 Å². The summed E-state index contributed by atoms with van der Waals surface area (Å²) in [6.07, 6.45) is 1.06. The molecule has 0 aromatic heterocycles. The molecular weight excluding hydrogens is 279 g/mol. The Morgan fingerprint density at radius 1 is 1.33 bits per heavy atom. The van der Waals surface area contributed by atoms with Gasteiger partial charge in [0.15, 0.2) is 0 Å². The van der Waals surface area contributed by atoms with Crippen molar-refractivity contribution in [3.63, 3.8) is 0 Å². The van der Waals surface area contributed by atoms with Crippen molar-refractivity contribution < 1.29 is 12.8 Å². The first-order valence-electron chi connectivity index (χ1n) is 5.66. The van der Waals surface area contributed by atoms with Gasteiger partial charge in [-0.1, -0.05) is 11.6 Å². The summed E-state index contributed by atoms with van der Waals surface area (Å²) in [6.45, 7) is 1.32. The Morgan fingerprint density at radius 3 is 2.61 bits per heavy atom. The maximum absolute atomic E-state index is 13.5. The van der Waals surface area contributed by atoms with Crippen LogP contribution >= 0.6 is 11.6 Å². The van der Waals surface area contributed by atoms with Crippen LogP contribution in [-0.2, 0) is 10.0 Å². The maximum atomic E-state index is 13.5. The number of rotatable bonds is 3. The molecule has 0 atom stereocenters. The van der Waals surface area contributed by atoms with E-state index in [1.807, 2.05) is 0 Å². The Bertz CT molecular complexity index is 530. The molecule has 0 radical (unpaired) electrons. The van der Waals surface area contributed by atoms with E-state index in [0.717, 1.165) is 6.07 Å². The Morgan fingerprint density at radius 2 is 2.00 bits per heavy atom. The van der Waals surface area contributed by atoms with Gasteiger partial charge in [0.05, 0.1) is 10.9 Å². The Labute approximate surface area is 111 Å². The predicted molar refractivity (Wildman–Crippen MR) is 69.8 cm³/mol. The average Bonchev–Trinajstić information content (AvgIpc) is 2.34. The number of nitrogens with one attached hydrogen (secondary N) is 2. The highest BCUT2D eigenvalue weighted by atomic mass is 35.5. The van der Waals surface area contributed by atoms with Gasteiger partial charge < -0.3 is 5.32 Å². The minimum absolute atomic E-state index is 0.0575. The van der Waals surface area contributed by atoms with Gasteiger partial charge in [-0.2, -0.15) is 0 Å². The highest BCUT2D eigenvalue weighted by Gasteiger charge is 2.27. The van der Waals surface area contributed by atoms with E-state index >= 15 is 0 Å². The van der Waals surface area contributed by atoms with E-state index in [2.05, 4.69) is 10.0 Å². The van der Waals surface area contributed by atoms with Crippen molar-refractivity contribution in [1.29, 1.82) is 0 Å². The fourth-order valence-electron chi connectivity index (χ4n) is 1.91. The fraction of sp³-hybridized carbons (Fsp3) is 0.455. The van der Waals surface area contributed by atoms with Crippen molar-refractivity contribution in [2.24, 2.45) is 0 Å². The topological polar surface area (TPSA) is 58.2 Å². The van der Waals surface area contributed by atoms with Gasteiger partial charge in [-0.25, -0.2) is 12.8 Å². The molecule has 2 rings (SSSR count). The van der Waals surface area contributed by atoms with E-state index in [-0.39, 0.29) is 10.7 Å². The van der Waals surface area contributed by atoms with Crippen molar-refractivity contribution in [3.05, 3.63) is 29.0 Å². The molecule has 0 aliphatic carbocycles. The molecule has 0 amide bonds. The number of hydrogen-bond acceptors (Lipinski definition) is 3. The Balaban J connectivity index is 2.16. The molecule has 100 valence electrons. The Hall–Kier alpha value is -0.850. The van der Waals surface area contributed by atoms with E-state index in [9.17, 15) is 12.8 Å². The van der Waals surface area contributed by atoms with Gasteiger partial charge >= 0.3 is 0 Å². The zero-order chi connectivity index (χ0) is 13.2. The number of benzene rings is 1. The summed E-state index contributed by atoms with van der Waals surface area (Å²) in [4.78, 5) is 0. The maximum Gasteiger partial charge on any atom is 0.235 e. The lowest BCUT2D eigenvalue weighted by Crippen LogP contribution is -2.38. The third-order valence-electron chi connectivity index (χ3n) is 2.91. The molecule has 1 aliphatic heterocycles. The SMILES string of the molecule is O=S(=O)(Nc1ccc(Cl)cc1F)C1CCNCC1. The van der Waals surface area contributed by atoms with Crippen molar-refractivity contribution in [2.75, 3.05) is 17.8 Å². The number of halogens is 2. The molecule has 18 heavy (non-hydrogen) atoms. The molecule has 0 spiro atoms. The van der Waals surface area contributed by atoms with Gasteiger partial charge in [0.2, 0.25) is 10.0 Å². The van der Waals surface area contributed by atoms with E-state index < -0.39 is 21.1 Å². The van der Waals surface area contributed by atoms with Crippen LogP contribution in [0.25, 0.3) is 0 Å². The first kappa shape index (κ1) is 13.6. The molecule has 1 aromatic carbocycles. The molecule has 1 fully saturated rings. The smallest absolute Gasteiger partial charge is 0.235 e. The number of anilines is 1. The molecule has 2 N–H and O–H groups in total. The zero-order valence-electron chi connectivity index (χ0n) is 9.62. The minimum atomic E-state index is -3.54. The molecule has 1 saturated heterocycles. The third-order valence-corrected chi connectivity index (χ3v) is 5.00. The molecular formula is C11H14ClFN2O2S. The van der Waals surface area contributed by atoms with Gasteiger partial charge in [0.1, 0.15) is 5.82 Å². The monoisotopic (exact) mass is 292 g/mol. The lowest BCUT2D eigenvalue weighted by atomic mass is 10.2. The second-order valence-corrected chi connectivity index (χ2v) is 6.62. The van der Waals surface area contributed by atoms with Crippen molar-refractivity contribution in [3.8, 4) is 0 Å². The van der Waals surface area contributed by atoms with Crippen LogP contribution in [0.4, 0.5) is 10.1 Å². The first-order valence-corrected chi connectivity index (χ1v) is 7.59. The summed E-state index contributed by atoms with van der Waals surface area (Å²) >= 11 is 5.61. The van der Waals surface area contributed by atoms with Crippen LogP contribution in [0.2, 0.25) is 5.02 Å². The highest BCUT2D eigenvalue weighted by molar-refractivity contribution is 7.93. The molecule has 4 nitrogen and oxygen atoms in total. The molecule has 0 saturated carbocycles. The Kier molecular flexibility index (Phi) is 4.09. The standard InChI is InChI=1S/C11H14ClFN2O2S/c12-8-1-2-11(10(13)7-8)15-18(16,17)9-3-5-14-6-4-9/h1-2,7,9,14-15H,3-6H2.